The number of rotatable bonds is 6. The smallest absolute Gasteiger partial charge is 0.238 e. The Morgan fingerprint density at radius 1 is 1.30 bits per heavy atom. The van der Waals surface area contributed by atoms with E-state index in [0.29, 0.717) is 0 Å². The summed E-state index contributed by atoms with van der Waals surface area (Å²) in [5, 5.41) is 8.40. The van der Waals surface area contributed by atoms with Crippen LogP contribution in [0.4, 0.5) is 0 Å². The maximum atomic E-state index is 11.1. The van der Waals surface area contributed by atoms with Gasteiger partial charge in [-0.1, -0.05) is 12.1 Å². The first kappa shape index (κ1) is 15.0. The number of ether oxygens (including phenoxy) is 1. The van der Waals surface area contributed by atoms with E-state index in [-0.39, 0.29) is 11.0 Å². The molecule has 1 atom stereocenters. The number of nitrogens with two attached hydrogens (primary N) is 1. The van der Waals surface area contributed by atoms with Crippen LogP contribution in [-0.4, -0.2) is 27.6 Å². The fraction of sp³-hybridized carbons (Fsp3) is 0.429. The average Bonchev–Trinajstić information content (AvgIpc) is 2.44. The second kappa shape index (κ2) is 6.88. The number of hydrogen-bond donors (Lipinski definition) is 2. The summed E-state index contributed by atoms with van der Waals surface area (Å²) in [5.74, 6) is 0. The van der Waals surface area contributed by atoms with Gasteiger partial charge in [0.25, 0.3) is 0 Å². The van der Waals surface area contributed by atoms with E-state index in [1.165, 1.54) is 0 Å². The Kier molecular flexibility index (Phi) is 5.17. The molecule has 1 heterocycles. The maximum absolute atomic E-state index is 11.1. The molecule has 1 aliphatic rings. The lowest BCUT2D eigenvalue weighted by atomic mass is 10.1. The number of benzene rings is 1. The van der Waals surface area contributed by atoms with Gasteiger partial charge < -0.3 is 10.1 Å². The molecule has 6 heteroatoms. The fourth-order valence-corrected chi connectivity index (χ4v) is 2.59. The van der Waals surface area contributed by atoms with Gasteiger partial charge in [-0.15, -0.1) is 0 Å². The quantitative estimate of drug-likeness (QED) is 0.772. The van der Waals surface area contributed by atoms with Gasteiger partial charge in [-0.05, 0) is 49.6 Å². The van der Waals surface area contributed by atoms with Crippen LogP contribution in [0.2, 0.25) is 0 Å². The second-order valence-corrected chi connectivity index (χ2v) is 6.41. The third-order valence-electron chi connectivity index (χ3n) is 3.24. The Balaban J connectivity index is 1.73. The zero-order valence-corrected chi connectivity index (χ0v) is 12.1. The zero-order chi connectivity index (χ0) is 14.4. The number of sulfonamides is 1. The van der Waals surface area contributed by atoms with Gasteiger partial charge in [-0.3, -0.25) is 0 Å². The summed E-state index contributed by atoms with van der Waals surface area (Å²) in [5.41, 5.74) is 1.08. The van der Waals surface area contributed by atoms with E-state index < -0.39 is 10.0 Å². The molecule has 0 saturated heterocycles. The van der Waals surface area contributed by atoms with Gasteiger partial charge in [0.05, 0.1) is 11.2 Å². The molecule has 2 rings (SSSR count). The molecule has 20 heavy (non-hydrogen) atoms. The summed E-state index contributed by atoms with van der Waals surface area (Å²) in [4.78, 5) is 0.150. The monoisotopic (exact) mass is 296 g/mol. The van der Waals surface area contributed by atoms with Crippen LogP contribution in [0.1, 0.15) is 18.4 Å². The van der Waals surface area contributed by atoms with E-state index in [0.717, 1.165) is 37.9 Å². The van der Waals surface area contributed by atoms with Crippen molar-refractivity contribution in [3.63, 3.8) is 0 Å². The van der Waals surface area contributed by atoms with Crippen LogP contribution in [0.15, 0.2) is 41.5 Å². The Bertz CT molecular complexity index is 552. The summed E-state index contributed by atoms with van der Waals surface area (Å²) in [6, 6.07) is 6.67. The van der Waals surface area contributed by atoms with Crippen molar-refractivity contribution in [2.75, 3.05) is 13.1 Å². The van der Waals surface area contributed by atoms with Crippen LogP contribution in [0.5, 0.6) is 0 Å². The topological polar surface area (TPSA) is 81.4 Å². The predicted octanol–water partition coefficient (Wildman–Crippen LogP) is 1.16. The van der Waals surface area contributed by atoms with Crippen LogP contribution >= 0.6 is 0 Å². The molecule has 0 spiro atoms. The summed E-state index contributed by atoms with van der Waals surface area (Å²) in [6.45, 7) is 1.66. The van der Waals surface area contributed by atoms with E-state index in [4.69, 9.17) is 9.88 Å². The van der Waals surface area contributed by atoms with Crippen LogP contribution in [0.3, 0.4) is 0 Å². The van der Waals surface area contributed by atoms with Crippen LogP contribution in [0.25, 0.3) is 0 Å². The lowest BCUT2D eigenvalue weighted by Gasteiger charge is -2.19. The number of hydrogen-bond acceptors (Lipinski definition) is 4. The van der Waals surface area contributed by atoms with Crippen molar-refractivity contribution in [1.29, 1.82) is 0 Å². The summed E-state index contributed by atoms with van der Waals surface area (Å²) in [6.07, 6.45) is 7.01. The first-order valence-corrected chi connectivity index (χ1v) is 8.23. The van der Waals surface area contributed by atoms with E-state index in [1.807, 2.05) is 6.08 Å². The molecular formula is C14H20N2O3S. The van der Waals surface area contributed by atoms with E-state index in [2.05, 4.69) is 5.32 Å². The molecule has 0 radical (unpaired) electrons. The van der Waals surface area contributed by atoms with Crippen LogP contribution in [-0.2, 0) is 21.2 Å². The molecule has 0 bridgehead atoms. The normalized spacial score (nSPS) is 18.8. The van der Waals surface area contributed by atoms with Crippen molar-refractivity contribution < 1.29 is 13.2 Å². The van der Waals surface area contributed by atoms with Crippen molar-refractivity contribution in [3.8, 4) is 0 Å². The van der Waals surface area contributed by atoms with Crippen molar-refractivity contribution >= 4 is 10.0 Å². The zero-order valence-electron chi connectivity index (χ0n) is 11.3. The highest BCUT2D eigenvalue weighted by Gasteiger charge is 2.10. The van der Waals surface area contributed by atoms with Crippen molar-refractivity contribution in [2.45, 2.75) is 30.3 Å². The lowest BCUT2D eigenvalue weighted by molar-refractivity contribution is 0.123. The molecule has 1 aromatic carbocycles. The SMILES string of the molecule is NS(=O)(=O)c1ccc(CCNCC2CCC=CO2)cc1. The first-order valence-electron chi connectivity index (χ1n) is 6.68. The molecule has 0 aromatic heterocycles. The van der Waals surface area contributed by atoms with Gasteiger partial charge in [0.1, 0.15) is 6.10 Å². The van der Waals surface area contributed by atoms with Gasteiger partial charge in [-0.2, -0.15) is 0 Å². The molecule has 0 aliphatic carbocycles. The molecule has 1 unspecified atom stereocenters. The molecular weight excluding hydrogens is 276 g/mol. The molecule has 1 aliphatic heterocycles. The minimum atomic E-state index is -3.60. The summed E-state index contributed by atoms with van der Waals surface area (Å²) in [7, 11) is -3.60. The second-order valence-electron chi connectivity index (χ2n) is 4.85. The Morgan fingerprint density at radius 3 is 2.65 bits per heavy atom. The number of primary sulfonamides is 1. The molecule has 0 saturated carbocycles. The van der Waals surface area contributed by atoms with Gasteiger partial charge in [0.15, 0.2) is 0 Å². The summed E-state index contributed by atoms with van der Waals surface area (Å²) < 4.78 is 27.7. The lowest BCUT2D eigenvalue weighted by Crippen LogP contribution is -2.30. The van der Waals surface area contributed by atoms with E-state index in [1.54, 1.807) is 30.5 Å². The highest BCUT2D eigenvalue weighted by atomic mass is 32.2. The summed E-state index contributed by atoms with van der Waals surface area (Å²) >= 11 is 0. The van der Waals surface area contributed by atoms with Gasteiger partial charge in [0.2, 0.25) is 10.0 Å². The van der Waals surface area contributed by atoms with Gasteiger partial charge in [0, 0.05) is 6.54 Å². The Labute approximate surface area is 119 Å². The largest absolute Gasteiger partial charge is 0.497 e. The van der Waals surface area contributed by atoms with Crippen molar-refractivity contribution in [2.24, 2.45) is 5.14 Å². The molecule has 5 nitrogen and oxygen atoms in total. The molecule has 0 fully saturated rings. The number of nitrogens with one attached hydrogen (secondary N) is 1. The van der Waals surface area contributed by atoms with E-state index >= 15 is 0 Å². The van der Waals surface area contributed by atoms with Crippen molar-refractivity contribution in [1.82, 2.24) is 5.32 Å². The molecule has 1 aromatic rings. The third-order valence-corrected chi connectivity index (χ3v) is 4.17. The Morgan fingerprint density at radius 2 is 2.05 bits per heavy atom. The van der Waals surface area contributed by atoms with Crippen LogP contribution < -0.4 is 10.5 Å². The first-order chi connectivity index (χ1) is 9.55. The van der Waals surface area contributed by atoms with Gasteiger partial charge in [-0.25, -0.2) is 13.6 Å². The van der Waals surface area contributed by atoms with Gasteiger partial charge >= 0.3 is 0 Å². The predicted molar refractivity (Wildman–Crippen MR) is 77.6 cm³/mol. The minimum Gasteiger partial charge on any atom is -0.497 e. The molecule has 0 amide bonds. The Hall–Kier alpha value is -1.37. The average molecular weight is 296 g/mol. The molecule has 110 valence electrons. The number of allylic oxidation sites excluding steroid dienone is 1. The highest BCUT2D eigenvalue weighted by molar-refractivity contribution is 7.89. The standard InChI is InChI=1S/C14H20N2O3S/c15-20(17,18)14-6-4-12(5-7-14)8-9-16-11-13-3-1-2-10-19-13/h2,4-7,10,13,16H,1,3,8-9,11H2,(H2,15,17,18). The fourth-order valence-electron chi connectivity index (χ4n) is 2.08. The van der Waals surface area contributed by atoms with Crippen LogP contribution in [0, 0.1) is 0 Å². The van der Waals surface area contributed by atoms with E-state index in [9.17, 15) is 8.42 Å². The molecule has 3 N–H and O–H groups in total. The third kappa shape index (κ3) is 4.63. The maximum Gasteiger partial charge on any atom is 0.238 e. The minimum absolute atomic E-state index is 0.150. The highest BCUT2D eigenvalue weighted by Crippen LogP contribution is 2.10. The van der Waals surface area contributed by atoms with Crippen molar-refractivity contribution in [3.05, 3.63) is 42.2 Å².